The summed E-state index contributed by atoms with van der Waals surface area (Å²) in [7, 11) is 1.41. The Morgan fingerprint density at radius 3 is 2.44 bits per heavy atom. The Balaban J connectivity index is 1.41. The molecule has 0 radical (unpaired) electrons. The summed E-state index contributed by atoms with van der Waals surface area (Å²) in [6.45, 7) is 0. The van der Waals surface area contributed by atoms with Crippen LogP contribution in [0.2, 0.25) is 0 Å². The maximum absolute atomic E-state index is 11.9. The molecule has 1 heterocycles. The van der Waals surface area contributed by atoms with Gasteiger partial charge in [0, 0.05) is 16.7 Å². The number of carbonyl (C=O) groups is 1. The van der Waals surface area contributed by atoms with E-state index in [1.807, 2.05) is 48.5 Å². The summed E-state index contributed by atoms with van der Waals surface area (Å²) in [5.74, 6) is 1.66. The van der Waals surface area contributed by atoms with Gasteiger partial charge in [-0.25, -0.2) is 9.78 Å². The molecule has 4 aromatic rings. The third-order valence-electron chi connectivity index (χ3n) is 6.33. The molecule has 170 valence electrons. The molecule has 0 spiro atoms. The number of carbonyl (C=O) groups excluding carboxylic acids is 1. The van der Waals surface area contributed by atoms with Gasteiger partial charge in [-0.3, -0.25) is 0 Å². The first-order valence-electron chi connectivity index (χ1n) is 11.7. The summed E-state index contributed by atoms with van der Waals surface area (Å²) in [5, 5.41) is 0. The van der Waals surface area contributed by atoms with E-state index >= 15 is 0 Å². The van der Waals surface area contributed by atoms with Crippen LogP contribution in [0.25, 0.3) is 28.2 Å². The number of oxazole rings is 1. The van der Waals surface area contributed by atoms with Gasteiger partial charge in [-0.1, -0.05) is 78.9 Å². The normalized spacial score (nSPS) is 15.6. The van der Waals surface area contributed by atoms with Gasteiger partial charge in [0.1, 0.15) is 5.69 Å². The van der Waals surface area contributed by atoms with Gasteiger partial charge in [0.2, 0.25) is 5.89 Å². The number of ether oxygens (including phenoxy) is 1. The number of allylic oxidation sites excluding steroid dienone is 2. The van der Waals surface area contributed by atoms with Crippen LogP contribution in [0.3, 0.4) is 0 Å². The molecule has 0 amide bonds. The number of hydrogen-bond acceptors (Lipinski definition) is 4. The van der Waals surface area contributed by atoms with Gasteiger partial charge in [0.25, 0.3) is 0 Å². The average Bonchev–Trinajstić information content (AvgIpc) is 3.35. The minimum Gasteiger partial charge on any atom is -0.465 e. The number of rotatable bonds is 6. The molecule has 0 saturated carbocycles. The van der Waals surface area contributed by atoms with E-state index in [0.29, 0.717) is 17.4 Å². The molecule has 0 fully saturated rings. The lowest BCUT2D eigenvalue weighted by Crippen LogP contribution is -2.10. The second-order valence-electron chi connectivity index (χ2n) is 8.70. The van der Waals surface area contributed by atoms with E-state index in [1.54, 1.807) is 6.07 Å². The molecule has 4 heteroatoms. The van der Waals surface area contributed by atoms with Crippen LogP contribution in [0.1, 0.15) is 41.1 Å². The van der Waals surface area contributed by atoms with E-state index in [4.69, 9.17) is 14.1 Å². The van der Waals surface area contributed by atoms with Crippen molar-refractivity contribution in [2.75, 3.05) is 7.11 Å². The zero-order valence-electron chi connectivity index (χ0n) is 19.2. The molecule has 4 nitrogen and oxygen atoms in total. The Morgan fingerprint density at radius 1 is 0.971 bits per heavy atom. The highest BCUT2D eigenvalue weighted by molar-refractivity contribution is 5.89. The molecule has 0 aliphatic heterocycles. The van der Waals surface area contributed by atoms with Crippen LogP contribution in [0.5, 0.6) is 0 Å². The molecule has 1 unspecified atom stereocenters. The lowest BCUT2D eigenvalue weighted by atomic mass is 9.84. The molecular formula is C30H27NO3. The van der Waals surface area contributed by atoms with Gasteiger partial charge in [-0.2, -0.15) is 0 Å². The van der Waals surface area contributed by atoms with Crippen molar-refractivity contribution in [3.8, 4) is 22.6 Å². The van der Waals surface area contributed by atoms with Crippen LogP contribution in [0.15, 0.2) is 95.4 Å². The van der Waals surface area contributed by atoms with E-state index in [9.17, 15) is 4.79 Å². The summed E-state index contributed by atoms with van der Waals surface area (Å²) in [4.78, 5) is 16.9. The predicted molar refractivity (Wildman–Crippen MR) is 134 cm³/mol. The predicted octanol–water partition coefficient (Wildman–Crippen LogP) is 7.22. The second-order valence-corrected chi connectivity index (χ2v) is 8.70. The number of nitrogens with zero attached hydrogens (tertiary/aromatic N) is 1. The summed E-state index contributed by atoms with van der Waals surface area (Å²) in [6, 6.07) is 28.1. The number of benzene rings is 3. The Kier molecular flexibility index (Phi) is 6.39. The van der Waals surface area contributed by atoms with Crippen LogP contribution >= 0.6 is 0 Å². The summed E-state index contributed by atoms with van der Waals surface area (Å²) < 4.78 is 11.3. The Hall–Kier alpha value is -3.92. The smallest absolute Gasteiger partial charge is 0.337 e. The van der Waals surface area contributed by atoms with Crippen molar-refractivity contribution in [1.29, 1.82) is 0 Å². The van der Waals surface area contributed by atoms with Gasteiger partial charge >= 0.3 is 5.97 Å². The first-order valence-corrected chi connectivity index (χ1v) is 11.7. The molecule has 1 aliphatic carbocycles. The third kappa shape index (κ3) is 4.72. The third-order valence-corrected chi connectivity index (χ3v) is 6.33. The van der Waals surface area contributed by atoms with E-state index < -0.39 is 0 Å². The highest BCUT2D eigenvalue weighted by Gasteiger charge is 2.24. The van der Waals surface area contributed by atoms with Crippen LogP contribution in [-0.4, -0.2) is 18.1 Å². The van der Waals surface area contributed by atoms with E-state index in [2.05, 4.69) is 36.4 Å². The first-order chi connectivity index (χ1) is 16.7. The van der Waals surface area contributed by atoms with Gasteiger partial charge in [-0.15, -0.1) is 0 Å². The molecular weight excluding hydrogens is 422 g/mol. The van der Waals surface area contributed by atoms with Crippen molar-refractivity contribution in [2.24, 2.45) is 5.92 Å². The zero-order valence-corrected chi connectivity index (χ0v) is 19.2. The summed E-state index contributed by atoms with van der Waals surface area (Å²) in [5.41, 5.74) is 5.84. The number of hydrogen-bond donors (Lipinski definition) is 0. The van der Waals surface area contributed by atoms with Gasteiger partial charge < -0.3 is 9.15 Å². The largest absolute Gasteiger partial charge is 0.465 e. The maximum Gasteiger partial charge on any atom is 0.337 e. The van der Waals surface area contributed by atoms with E-state index in [1.165, 1.54) is 7.11 Å². The highest BCUT2D eigenvalue weighted by Crippen LogP contribution is 2.38. The van der Waals surface area contributed by atoms with Gasteiger partial charge in [0.05, 0.1) is 12.7 Å². The van der Waals surface area contributed by atoms with E-state index in [-0.39, 0.29) is 5.97 Å². The quantitative estimate of drug-likeness (QED) is 0.292. The fourth-order valence-electron chi connectivity index (χ4n) is 4.65. The van der Waals surface area contributed by atoms with Crippen LogP contribution in [0, 0.1) is 5.92 Å². The average molecular weight is 450 g/mol. The van der Waals surface area contributed by atoms with E-state index in [0.717, 1.165) is 59.4 Å². The summed E-state index contributed by atoms with van der Waals surface area (Å²) >= 11 is 0. The second kappa shape index (κ2) is 9.92. The molecule has 0 saturated heterocycles. The zero-order chi connectivity index (χ0) is 23.3. The van der Waals surface area contributed by atoms with Gasteiger partial charge in [-0.05, 0) is 49.3 Å². The Labute approximate surface area is 199 Å². The maximum atomic E-state index is 11.9. The Morgan fingerprint density at radius 2 is 1.71 bits per heavy atom. The highest BCUT2D eigenvalue weighted by atomic mass is 16.5. The SMILES string of the molecule is COC(=O)c1cccc(CC2CCC=C(c3nc(-c4ccccc4)c(-c4ccccc4)o3)C2)c1. The van der Waals surface area contributed by atoms with Crippen molar-refractivity contribution in [2.45, 2.75) is 25.7 Å². The minimum atomic E-state index is -0.298. The molecule has 0 bridgehead atoms. The topological polar surface area (TPSA) is 52.3 Å². The van der Waals surface area contributed by atoms with Crippen molar-refractivity contribution >= 4 is 11.5 Å². The number of methoxy groups -OCH3 is 1. The number of aromatic nitrogens is 1. The van der Waals surface area contributed by atoms with Crippen molar-refractivity contribution in [3.63, 3.8) is 0 Å². The van der Waals surface area contributed by atoms with Crippen molar-refractivity contribution in [3.05, 3.63) is 108 Å². The lowest BCUT2D eigenvalue weighted by Gasteiger charge is -2.21. The van der Waals surface area contributed by atoms with Crippen LogP contribution < -0.4 is 0 Å². The molecule has 0 N–H and O–H groups in total. The fraction of sp³-hybridized carbons (Fsp3) is 0.200. The summed E-state index contributed by atoms with van der Waals surface area (Å²) in [6.07, 6.45) is 6.15. The van der Waals surface area contributed by atoms with Gasteiger partial charge in [0.15, 0.2) is 5.76 Å². The lowest BCUT2D eigenvalue weighted by molar-refractivity contribution is 0.0600. The van der Waals surface area contributed by atoms with Crippen LogP contribution in [-0.2, 0) is 11.2 Å². The monoisotopic (exact) mass is 449 g/mol. The Bertz CT molecular complexity index is 1250. The molecule has 1 aliphatic rings. The molecule has 1 atom stereocenters. The molecule has 1 aromatic heterocycles. The number of esters is 1. The minimum absolute atomic E-state index is 0.298. The standard InChI is InChI=1S/C30H27NO3/c1-33-30(32)26-17-9-11-22(20-26)18-21-10-8-16-25(19-21)29-31-27(23-12-4-2-5-13-23)28(34-29)24-14-6-3-7-15-24/h2-7,9,11-17,20-21H,8,10,18-19H2,1H3. The molecule has 34 heavy (non-hydrogen) atoms. The molecule has 3 aromatic carbocycles. The first kappa shape index (κ1) is 21.9. The van der Waals surface area contributed by atoms with Crippen LogP contribution in [0.4, 0.5) is 0 Å². The van der Waals surface area contributed by atoms with Crippen molar-refractivity contribution in [1.82, 2.24) is 4.98 Å². The molecule has 5 rings (SSSR count). The van der Waals surface area contributed by atoms with Crippen molar-refractivity contribution < 1.29 is 13.9 Å². The fourth-order valence-corrected chi connectivity index (χ4v) is 4.65.